The second kappa shape index (κ2) is 10.7. The minimum atomic E-state index is -3.85. The molecule has 4 rings (SSSR count). The molecule has 1 aliphatic heterocycles. The van der Waals surface area contributed by atoms with E-state index in [0.29, 0.717) is 23.7 Å². The molecule has 1 fully saturated rings. The van der Waals surface area contributed by atoms with Crippen LogP contribution in [0.15, 0.2) is 72.0 Å². The Bertz CT molecular complexity index is 1260. The highest BCUT2D eigenvalue weighted by Crippen LogP contribution is 2.32. The first-order valence-corrected chi connectivity index (χ1v) is 13.0. The summed E-state index contributed by atoms with van der Waals surface area (Å²) in [5.41, 5.74) is 0.891. The van der Waals surface area contributed by atoms with Gasteiger partial charge in [0.1, 0.15) is 11.6 Å². The monoisotopic (exact) mass is 495 g/mol. The zero-order chi connectivity index (χ0) is 24.8. The topological polar surface area (TPSA) is 105 Å². The molecule has 9 nitrogen and oxygen atoms in total. The molecule has 1 amide bonds. The number of hydrogen-bond donors (Lipinski definition) is 1. The molecule has 3 aromatic rings. The lowest BCUT2D eigenvalue weighted by molar-refractivity contribution is -0.120. The van der Waals surface area contributed by atoms with Gasteiger partial charge >= 0.3 is 0 Å². The molecular weight excluding hydrogens is 466 g/mol. The highest BCUT2D eigenvalue weighted by molar-refractivity contribution is 7.92. The highest BCUT2D eigenvalue weighted by atomic mass is 32.2. The SMILES string of the molecule is CCN(c1ccccc1)S(=O)(=O)c1ccc(OC)c(NC(=O)[C@H]2CCCN(c3cnccn3)C2)c1. The summed E-state index contributed by atoms with van der Waals surface area (Å²) in [6, 6.07) is 13.4. The lowest BCUT2D eigenvalue weighted by Gasteiger charge is -2.32. The van der Waals surface area contributed by atoms with Crippen molar-refractivity contribution in [3.63, 3.8) is 0 Å². The van der Waals surface area contributed by atoms with Crippen molar-refractivity contribution in [2.24, 2.45) is 5.92 Å². The number of ether oxygens (including phenoxy) is 1. The molecule has 1 N–H and O–H groups in total. The van der Waals surface area contributed by atoms with Gasteiger partial charge in [0, 0.05) is 32.0 Å². The molecule has 0 bridgehead atoms. The van der Waals surface area contributed by atoms with Gasteiger partial charge in [-0.2, -0.15) is 0 Å². The van der Waals surface area contributed by atoms with Gasteiger partial charge in [0.15, 0.2) is 0 Å². The van der Waals surface area contributed by atoms with Crippen LogP contribution in [0.3, 0.4) is 0 Å². The quantitative estimate of drug-likeness (QED) is 0.509. The number of rotatable bonds is 8. The first-order chi connectivity index (χ1) is 16.9. The summed E-state index contributed by atoms with van der Waals surface area (Å²) in [7, 11) is -2.37. The maximum atomic E-state index is 13.5. The van der Waals surface area contributed by atoms with E-state index in [2.05, 4.69) is 15.3 Å². The predicted octanol–water partition coefficient (Wildman–Crippen LogP) is 3.56. The number of benzene rings is 2. The van der Waals surface area contributed by atoms with Crippen molar-refractivity contribution in [1.29, 1.82) is 0 Å². The number of nitrogens with one attached hydrogen (secondary N) is 1. The number of methoxy groups -OCH3 is 1. The average Bonchev–Trinajstić information content (AvgIpc) is 2.90. The molecule has 184 valence electrons. The number of carbonyl (C=O) groups is 1. The van der Waals surface area contributed by atoms with Gasteiger partial charge in [0.05, 0.1) is 35.5 Å². The van der Waals surface area contributed by atoms with Gasteiger partial charge in [-0.15, -0.1) is 0 Å². The van der Waals surface area contributed by atoms with Crippen LogP contribution in [0.5, 0.6) is 5.75 Å². The minimum Gasteiger partial charge on any atom is -0.495 e. The van der Waals surface area contributed by atoms with E-state index in [1.54, 1.807) is 55.8 Å². The van der Waals surface area contributed by atoms with Crippen molar-refractivity contribution >= 4 is 33.1 Å². The van der Waals surface area contributed by atoms with Crippen LogP contribution in [0.25, 0.3) is 0 Å². The number of sulfonamides is 1. The number of hydrogen-bond acceptors (Lipinski definition) is 7. The fourth-order valence-electron chi connectivity index (χ4n) is 4.25. The molecule has 0 spiro atoms. The Morgan fingerprint density at radius 3 is 2.69 bits per heavy atom. The van der Waals surface area contributed by atoms with Gasteiger partial charge < -0.3 is 15.0 Å². The lowest BCUT2D eigenvalue weighted by Crippen LogP contribution is -2.41. The van der Waals surface area contributed by atoms with Crippen LogP contribution >= 0.6 is 0 Å². The van der Waals surface area contributed by atoms with Gasteiger partial charge in [-0.25, -0.2) is 13.4 Å². The van der Waals surface area contributed by atoms with Crippen molar-refractivity contribution < 1.29 is 17.9 Å². The van der Waals surface area contributed by atoms with Crippen molar-refractivity contribution in [3.05, 3.63) is 67.1 Å². The molecule has 0 unspecified atom stereocenters. The molecule has 2 aromatic carbocycles. The predicted molar refractivity (Wildman–Crippen MR) is 135 cm³/mol. The molecule has 1 saturated heterocycles. The van der Waals surface area contributed by atoms with Gasteiger partial charge in [0.2, 0.25) is 5.91 Å². The number of piperidine rings is 1. The van der Waals surface area contributed by atoms with Gasteiger partial charge in [0.25, 0.3) is 10.0 Å². The zero-order valence-corrected chi connectivity index (χ0v) is 20.6. The highest BCUT2D eigenvalue weighted by Gasteiger charge is 2.29. The van der Waals surface area contributed by atoms with E-state index in [1.807, 2.05) is 11.0 Å². The molecule has 35 heavy (non-hydrogen) atoms. The Labute approximate surface area is 205 Å². The van der Waals surface area contributed by atoms with Crippen LogP contribution in [0.2, 0.25) is 0 Å². The smallest absolute Gasteiger partial charge is 0.264 e. The fraction of sp³-hybridized carbons (Fsp3) is 0.320. The van der Waals surface area contributed by atoms with Gasteiger partial charge in [-0.05, 0) is 50.1 Å². The summed E-state index contributed by atoms with van der Waals surface area (Å²) in [4.78, 5) is 23.8. The van der Waals surface area contributed by atoms with E-state index in [-0.39, 0.29) is 23.3 Å². The summed E-state index contributed by atoms with van der Waals surface area (Å²) in [6.45, 7) is 3.34. The van der Waals surface area contributed by atoms with Crippen LogP contribution in [0.4, 0.5) is 17.2 Å². The molecule has 0 aliphatic carbocycles. The Morgan fingerprint density at radius 1 is 1.20 bits per heavy atom. The molecule has 0 saturated carbocycles. The maximum absolute atomic E-state index is 13.5. The zero-order valence-electron chi connectivity index (χ0n) is 19.8. The molecule has 10 heteroatoms. The van der Waals surface area contributed by atoms with Crippen LogP contribution in [0.1, 0.15) is 19.8 Å². The van der Waals surface area contributed by atoms with E-state index in [0.717, 1.165) is 25.2 Å². The molecule has 1 aliphatic rings. The Hall–Kier alpha value is -3.66. The Balaban J connectivity index is 1.56. The van der Waals surface area contributed by atoms with Crippen LogP contribution in [-0.2, 0) is 14.8 Å². The second-order valence-electron chi connectivity index (χ2n) is 8.21. The number of nitrogens with zero attached hydrogens (tertiary/aromatic N) is 4. The number of amides is 1. The van der Waals surface area contributed by atoms with Gasteiger partial charge in [-0.1, -0.05) is 18.2 Å². The first kappa shape index (κ1) is 24.5. The summed E-state index contributed by atoms with van der Waals surface area (Å²) in [5.74, 6) is 0.645. The molecule has 0 radical (unpaired) electrons. The van der Waals surface area contributed by atoms with E-state index in [9.17, 15) is 13.2 Å². The van der Waals surface area contributed by atoms with Crippen molar-refractivity contribution in [3.8, 4) is 5.75 Å². The van der Waals surface area contributed by atoms with Crippen LogP contribution in [0, 0.1) is 5.92 Å². The van der Waals surface area contributed by atoms with E-state index < -0.39 is 10.0 Å². The van der Waals surface area contributed by atoms with Crippen molar-refractivity contribution in [1.82, 2.24) is 9.97 Å². The van der Waals surface area contributed by atoms with E-state index >= 15 is 0 Å². The third kappa shape index (κ3) is 5.37. The third-order valence-corrected chi connectivity index (χ3v) is 7.91. The summed E-state index contributed by atoms with van der Waals surface area (Å²) in [6.07, 6.45) is 6.49. The minimum absolute atomic E-state index is 0.0733. The fourth-order valence-corrected chi connectivity index (χ4v) is 5.75. The number of para-hydroxylation sites is 1. The van der Waals surface area contributed by atoms with Crippen LogP contribution < -0.4 is 19.3 Å². The standard InChI is InChI=1S/C25H29N5O4S/c1-3-30(20-9-5-4-6-10-20)35(32,33)21-11-12-23(34-2)22(16-21)28-25(31)19-8-7-15-29(18-19)24-17-26-13-14-27-24/h4-6,9-14,16-17,19H,3,7-8,15,18H2,1-2H3,(H,28,31)/t19-/m0/s1. The summed E-state index contributed by atoms with van der Waals surface area (Å²) < 4.78 is 33.7. The molecule has 2 heterocycles. The Kier molecular flexibility index (Phi) is 7.50. The van der Waals surface area contributed by atoms with Crippen molar-refractivity contribution in [2.45, 2.75) is 24.7 Å². The molecule has 1 atom stereocenters. The van der Waals surface area contributed by atoms with E-state index in [1.165, 1.54) is 23.5 Å². The normalized spacial score (nSPS) is 15.9. The van der Waals surface area contributed by atoms with E-state index in [4.69, 9.17) is 4.74 Å². The first-order valence-electron chi connectivity index (χ1n) is 11.5. The lowest BCUT2D eigenvalue weighted by atomic mass is 9.97. The van der Waals surface area contributed by atoms with Crippen LogP contribution in [-0.4, -0.2) is 51.0 Å². The average molecular weight is 496 g/mol. The number of carbonyl (C=O) groups excluding carboxylic acids is 1. The number of anilines is 3. The second-order valence-corrected chi connectivity index (χ2v) is 10.1. The third-order valence-electron chi connectivity index (χ3n) is 6.01. The van der Waals surface area contributed by atoms with Gasteiger partial charge in [-0.3, -0.25) is 14.1 Å². The largest absolute Gasteiger partial charge is 0.495 e. The number of aromatic nitrogens is 2. The summed E-state index contributed by atoms with van der Waals surface area (Å²) in [5, 5.41) is 2.90. The van der Waals surface area contributed by atoms with Crippen molar-refractivity contribution in [2.75, 3.05) is 41.3 Å². The summed E-state index contributed by atoms with van der Waals surface area (Å²) >= 11 is 0. The molecule has 1 aromatic heterocycles. The molecular formula is C25H29N5O4S. The Morgan fingerprint density at radius 2 is 2.00 bits per heavy atom. The maximum Gasteiger partial charge on any atom is 0.264 e.